The molecule has 0 bridgehead atoms. The van der Waals surface area contributed by atoms with E-state index in [0.717, 1.165) is 17.8 Å². The summed E-state index contributed by atoms with van der Waals surface area (Å²) in [5.41, 5.74) is 1.70. The lowest BCUT2D eigenvalue weighted by molar-refractivity contribution is -0.118. The third-order valence-corrected chi connectivity index (χ3v) is 8.38. The van der Waals surface area contributed by atoms with Crippen LogP contribution in [-0.4, -0.2) is 40.4 Å². The highest BCUT2D eigenvalue weighted by Crippen LogP contribution is 2.30. The molecular formula is C23H23N3O5S2. The Morgan fingerprint density at radius 3 is 2.55 bits per heavy atom. The average molecular weight is 486 g/mol. The molecular weight excluding hydrogens is 462 g/mol. The molecule has 33 heavy (non-hydrogen) atoms. The Morgan fingerprint density at radius 2 is 1.88 bits per heavy atom. The Labute approximate surface area is 196 Å². The molecule has 1 aromatic heterocycles. The van der Waals surface area contributed by atoms with E-state index in [1.165, 1.54) is 11.4 Å². The molecule has 0 radical (unpaired) electrons. The average Bonchev–Trinajstić information content (AvgIpc) is 3.50. The van der Waals surface area contributed by atoms with Gasteiger partial charge in [0.25, 0.3) is 15.9 Å². The van der Waals surface area contributed by atoms with Crippen LogP contribution >= 0.6 is 11.3 Å². The largest absolute Gasteiger partial charge is 0.484 e. The number of hydrogen-bond donors (Lipinski definition) is 1. The predicted molar refractivity (Wildman–Crippen MR) is 129 cm³/mol. The zero-order valence-corrected chi connectivity index (χ0v) is 19.6. The number of para-hydroxylation sites is 2. The number of amides is 2. The Morgan fingerprint density at radius 1 is 1.12 bits per heavy atom. The first-order chi connectivity index (χ1) is 15.9. The quantitative estimate of drug-likeness (QED) is 0.525. The third-order valence-electron chi connectivity index (χ3n) is 5.22. The lowest BCUT2D eigenvalue weighted by atomic mass is 10.2. The van der Waals surface area contributed by atoms with Crippen molar-refractivity contribution in [2.75, 3.05) is 34.7 Å². The molecule has 2 heterocycles. The fraction of sp³-hybridized carbons (Fsp3) is 0.217. The second-order valence-corrected chi connectivity index (χ2v) is 10.5. The van der Waals surface area contributed by atoms with Crippen LogP contribution in [0, 0.1) is 0 Å². The van der Waals surface area contributed by atoms with E-state index in [1.54, 1.807) is 64.9 Å². The molecule has 4 rings (SSSR count). The molecule has 10 heteroatoms. The summed E-state index contributed by atoms with van der Waals surface area (Å²) < 4.78 is 32.3. The summed E-state index contributed by atoms with van der Waals surface area (Å²) in [4.78, 5) is 26.2. The van der Waals surface area contributed by atoms with E-state index in [4.69, 9.17) is 4.74 Å². The van der Waals surface area contributed by atoms with E-state index in [9.17, 15) is 18.0 Å². The number of thiophene rings is 1. The molecule has 1 aliphatic rings. The van der Waals surface area contributed by atoms with Crippen LogP contribution in [0.5, 0.6) is 5.75 Å². The molecule has 3 aromatic rings. The Kier molecular flexibility index (Phi) is 6.66. The molecule has 0 spiro atoms. The smallest absolute Gasteiger partial charge is 0.273 e. The zero-order chi connectivity index (χ0) is 23.4. The van der Waals surface area contributed by atoms with E-state index in [0.29, 0.717) is 35.8 Å². The molecule has 1 fully saturated rings. The monoisotopic (exact) mass is 485 g/mol. The van der Waals surface area contributed by atoms with E-state index >= 15 is 0 Å². The molecule has 0 aliphatic carbocycles. The normalized spacial score (nSPS) is 13.7. The second-order valence-electron chi connectivity index (χ2n) is 7.40. The lowest BCUT2D eigenvalue weighted by Crippen LogP contribution is -2.27. The number of carbonyl (C=O) groups excluding carboxylic acids is 2. The maximum absolute atomic E-state index is 12.6. The van der Waals surface area contributed by atoms with Crippen LogP contribution in [-0.2, 0) is 19.6 Å². The number of nitrogens with zero attached hydrogens (tertiary/aromatic N) is 2. The van der Waals surface area contributed by atoms with Crippen molar-refractivity contribution in [2.24, 2.45) is 0 Å². The molecule has 0 atom stereocenters. The van der Waals surface area contributed by atoms with E-state index in [-0.39, 0.29) is 22.6 Å². The van der Waals surface area contributed by atoms with Gasteiger partial charge in [0.1, 0.15) is 9.96 Å². The molecule has 1 aliphatic heterocycles. The minimum atomic E-state index is -3.62. The summed E-state index contributed by atoms with van der Waals surface area (Å²) >= 11 is 1.16. The number of anilines is 3. The first-order valence-electron chi connectivity index (χ1n) is 10.3. The highest BCUT2D eigenvalue weighted by atomic mass is 32.2. The summed E-state index contributed by atoms with van der Waals surface area (Å²) in [7, 11) is -2.13. The van der Waals surface area contributed by atoms with E-state index < -0.39 is 10.0 Å². The highest BCUT2D eigenvalue weighted by Gasteiger charge is 2.24. The minimum absolute atomic E-state index is 0.0408. The fourth-order valence-electron chi connectivity index (χ4n) is 3.49. The summed E-state index contributed by atoms with van der Waals surface area (Å²) in [6.45, 7) is 0.399. The molecule has 0 unspecified atom stereocenters. The molecule has 172 valence electrons. The van der Waals surface area contributed by atoms with Gasteiger partial charge in [0.15, 0.2) is 6.61 Å². The van der Waals surface area contributed by atoms with Crippen molar-refractivity contribution >= 4 is 50.2 Å². The lowest BCUT2D eigenvalue weighted by Gasteiger charge is -2.20. The number of rotatable bonds is 8. The van der Waals surface area contributed by atoms with Gasteiger partial charge in [0, 0.05) is 20.0 Å². The number of carbonyl (C=O) groups is 2. The topological polar surface area (TPSA) is 96.0 Å². The van der Waals surface area contributed by atoms with Gasteiger partial charge in [-0.15, -0.1) is 11.3 Å². The fourth-order valence-corrected chi connectivity index (χ4v) is 5.85. The summed E-state index contributed by atoms with van der Waals surface area (Å²) in [6, 6.07) is 16.9. The van der Waals surface area contributed by atoms with Gasteiger partial charge in [-0.3, -0.25) is 13.9 Å². The Hall–Kier alpha value is -3.37. The summed E-state index contributed by atoms with van der Waals surface area (Å²) in [5.74, 6) is 0.105. The predicted octanol–water partition coefficient (Wildman–Crippen LogP) is 3.72. The van der Waals surface area contributed by atoms with Crippen molar-refractivity contribution in [2.45, 2.75) is 17.1 Å². The van der Waals surface area contributed by atoms with Crippen LogP contribution in [0.4, 0.5) is 17.1 Å². The molecule has 1 saturated heterocycles. The van der Waals surface area contributed by atoms with Crippen molar-refractivity contribution < 1.29 is 22.7 Å². The van der Waals surface area contributed by atoms with Gasteiger partial charge in [0.05, 0.1) is 17.1 Å². The molecule has 2 aromatic carbocycles. The number of ether oxygens (including phenoxy) is 1. The maximum atomic E-state index is 12.6. The zero-order valence-electron chi connectivity index (χ0n) is 17.9. The first kappa shape index (κ1) is 22.8. The van der Waals surface area contributed by atoms with Gasteiger partial charge in [-0.25, -0.2) is 8.42 Å². The molecule has 0 saturated carbocycles. The first-order valence-corrected chi connectivity index (χ1v) is 12.6. The van der Waals surface area contributed by atoms with Gasteiger partial charge in [-0.2, -0.15) is 0 Å². The van der Waals surface area contributed by atoms with E-state index in [1.807, 2.05) is 6.07 Å². The van der Waals surface area contributed by atoms with Crippen LogP contribution in [0.15, 0.2) is 70.3 Å². The summed E-state index contributed by atoms with van der Waals surface area (Å²) in [5, 5.41) is 4.51. The number of benzene rings is 2. The number of sulfonamides is 1. The van der Waals surface area contributed by atoms with Crippen molar-refractivity contribution in [1.82, 2.24) is 0 Å². The van der Waals surface area contributed by atoms with Gasteiger partial charge in [0.2, 0.25) is 5.91 Å². The molecule has 2 amide bonds. The van der Waals surface area contributed by atoms with Crippen LogP contribution in [0.25, 0.3) is 0 Å². The highest BCUT2D eigenvalue weighted by molar-refractivity contribution is 7.94. The standard InChI is InChI=1S/C23H23N3O5S2/c1-25(33(29,30)23-9-5-15-32-23)17-10-12-18(13-11-17)31-16-21(27)24-19-6-2-3-7-20(19)26-14-4-8-22(26)28/h2-3,5-7,9-13,15H,4,8,14,16H2,1H3,(H,24,27). The minimum Gasteiger partial charge on any atom is -0.484 e. The van der Waals surface area contributed by atoms with Crippen LogP contribution in [0.1, 0.15) is 12.8 Å². The molecule has 1 N–H and O–H groups in total. The maximum Gasteiger partial charge on any atom is 0.273 e. The van der Waals surface area contributed by atoms with Gasteiger partial charge in [-0.05, 0) is 54.3 Å². The second kappa shape index (κ2) is 9.63. The van der Waals surface area contributed by atoms with Crippen molar-refractivity contribution in [3.63, 3.8) is 0 Å². The number of nitrogens with one attached hydrogen (secondary N) is 1. The summed E-state index contributed by atoms with van der Waals surface area (Å²) in [6.07, 6.45) is 1.30. The van der Waals surface area contributed by atoms with Crippen molar-refractivity contribution in [1.29, 1.82) is 0 Å². The number of hydrogen-bond acceptors (Lipinski definition) is 6. The van der Waals surface area contributed by atoms with Crippen molar-refractivity contribution in [3.8, 4) is 5.75 Å². The SMILES string of the molecule is CN(c1ccc(OCC(=O)Nc2ccccc2N2CCCC2=O)cc1)S(=O)(=O)c1cccs1. The molecule has 8 nitrogen and oxygen atoms in total. The van der Waals surface area contributed by atoms with Crippen LogP contribution in [0.3, 0.4) is 0 Å². The van der Waals surface area contributed by atoms with Crippen molar-refractivity contribution in [3.05, 3.63) is 66.0 Å². The van der Waals surface area contributed by atoms with Crippen LogP contribution in [0.2, 0.25) is 0 Å². The van der Waals surface area contributed by atoms with Gasteiger partial charge < -0.3 is 15.0 Å². The van der Waals surface area contributed by atoms with E-state index in [2.05, 4.69) is 5.32 Å². The Balaban J connectivity index is 1.37. The Bertz CT molecular complexity index is 1240. The van der Waals surface area contributed by atoms with Gasteiger partial charge >= 0.3 is 0 Å². The van der Waals surface area contributed by atoms with Crippen LogP contribution < -0.4 is 19.3 Å². The van der Waals surface area contributed by atoms with Gasteiger partial charge in [-0.1, -0.05) is 18.2 Å². The third kappa shape index (κ3) is 5.01.